The number of aromatic amines is 1. The van der Waals surface area contributed by atoms with Crippen LogP contribution in [0.1, 0.15) is 37.2 Å². The van der Waals surface area contributed by atoms with Crippen molar-refractivity contribution in [2.75, 3.05) is 0 Å². The average molecular weight is 513 g/mol. The number of halogens is 4. The standard InChI is InChI=1S/C28H24F4N2O3/c1-27(2,15-23(35)36)26-33-24(25(29)34-26)20-12-13-22(21(14-20)28(30,31)32)37-16-17-8-10-19(11-9-17)18-6-4-3-5-7-18/h3-14H,15-16H2,1-2H3,(H,33,34)(H,35,36). The van der Waals surface area contributed by atoms with Gasteiger partial charge in [-0.3, -0.25) is 4.79 Å². The number of carboxylic acids is 1. The normalized spacial score (nSPS) is 11.9. The topological polar surface area (TPSA) is 75.2 Å². The van der Waals surface area contributed by atoms with Gasteiger partial charge in [0, 0.05) is 11.0 Å². The van der Waals surface area contributed by atoms with E-state index in [9.17, 15) is 22.4 Å². The highest BCUT2D eigenvalue weighted by Gasteiger charge is 2.36. The number of aromatic nitrogens is 2. The highest BCUT2D eigenvalue weighted by atomic mass is 19.4. The molecule has 0 amide bonds. The first-order valence-corrected chi connectivity index (χ1v) is 11.4. The van der Waals surface area contributed by atoms with E-state index in [0.29, 0.717) is 5.56 Å². The fraction of sp³-hybridized carbons (Fsp3) is 0.214. The molecule has 0 aliphatic rings. The minimum Gasteiger partial charge on any atom is -0.488 e. The number of imidazole rings is 1. The highest BCUT2D eigenvalue weighted by molar-refractivity contribution is 5.69. The molecule has 0 bridgehead atoms. The molecule has 0 radical (unpaired) electrons. The third-order valence-electron chi connectivity index (χ3n) is 5.91. The van der Waals surface area contributed by atoms with Gasteiger partial charge in [-0.25, -0.2) is 4.98 Å². The molecule has 0 saturated heterocycles. The molecule has 4 aromatic rings. The van der Waals surface area contributed by atoms with Gasteiger partial charge in [-0.15, -0.1) is 0 Å². The lowest BCUT2D eigenvalue weighted by molar-refractivity contribution is -0.139. The maximum atomic E-state index is 14.6. The van der Waals surface area contributed by atoms with Crippen LogP contribution >= 0.6 is 0 Å². The number of rotatable bonds is 8. The molecule has 4 rings (SSSR count). The van der Waals surface area contributed by atoms with Crippen molar-refractivity contribution in [1.82, 2.24) is 9.97 Å². The van der Waals surface area contributed by atoms with Crippen LogP contribution in [0.2, 0.25) is 0 Å². The molecular formula is C28H24F4N2O3. The molecule has 0 atom stereocenters. The Balaban J connectivity index is 1.57. The monoisotopic (exact) mass is 512 g/mol. The summed E-state index contributed by atoms with van der Waals surface area (Å²) in [7, 11) is 0. The van der Waals surface area contributed by atoms with Crippen molar-refractivity contribution in [1.29, 1.82) is 0 Å². The van der Waals surface area contributed by atoms with Crippen molar-refractivity contribution >= 4 is 5.97 Å². The van der Waals surface area contributed by atoms with Crippen LogP contribution in [0, 0.1) is 5.95 Å². The Hall–Kier alpha value is -4.14. The zero-order chi connectivity index (χ0) is 26.8. The Morgan fingerprint density at radius 2 is 1.57 bits per heavy atom. The van der Waals surface area contributed by atoms with Gasteiger partial charge in [-0.05, 0) is 34.9 Å². The molecule has 0 spiro atoms. The van der Waals surface area contributed by atoms with E-state index in [1.54, 1.807) is 26.0 Å². The summed E-state index contributed by atoms with van der Waals surface area (Å²) in [5.41, 5.74) is 0.0958. The van der Waals surface area contributed by atoms with Gasteiger partial charge in [-0.1, -0.05) is 68.4 Å². The number of nitrogens with zero attached hydrogens (tertiary/aromatic N) is 1. The second-order valence-corrected chi connectivity index (χ2v) is 9.26. The summed E-state index contributed by atoms with van der Waals surface area (Å²) in [6.07, 6.45) is -5.10. The number of aliphatic carboxylic acids is 1. The summed E-state index contributed by atoms with van der Waals surface area (Å²) < 4.78 is 61.8. The molecule has 37 heavy (non-hydrogen) atoms. The summed E-state index contributed by atoms with van der Waals surface area (Å²) in [6.45, 7) is 3.00. The molecule has 5 nitrogen and oxygen atoms in total. The highest BCUT2D eigenvalue weighted by Crippen LogP contribution is 2.40. The number of hydrogen-bond acceptors (Lipinski definition) is 3. The van der Waals surface area contributed by atoms with Crippen molar-refractivity contribution in [3.63, 3.8) is 0 Å². The number of benzene rings is 3. The molecule has 0 saturated carbocycles. The van der Waals surface area contributed by atoms with E-state index in [2.05, 4.69) is 9.97 Å². The number of carboxylic acid groups (broad SMARTS) is 1. The van der Waals surface area contributed by atoms with Crippen LogP contribution in [0.15, 0.2) is 72.8 Å². The Labute approximate surface area is 210 Å². The Morgan fingerprint density at radius 1 is 0.946 bits per heavy atom. The van der Waals surface area contributed by atoms with Gasteiger partial charge in [0.15, 0.2) is 0 Å². The number of nitrogens with one attached hydrogen (secondary N) is 1. The fourth-order valence-corrected chi connectivity index (χ4v) is 3.94. The van der Waals surface area contributed by atoms with Crippen LogP contribution < -0.4 is 4.74 Å². The van der Waals surface area contributed by atoms with Gasteiger partial charge in [0.1, 0.15) is 23.9 Å². The Morgan fingerprint density at radius 3 is 2.19 bits per heavy atom. The quantitative estimate of drug-likeness (QED) is 0.244. The maximum absolute atomic E-state index is 14.6. The fourth-order valence-electron chi connectivity index (χ4n) is 3.94. The molecule has 3 aromatic carbocycles. The van der Waals surface area contributed by atoms with Crippen LogP contribution in [-0.4, -0.2) is 21.0 Å². The molecule has 2 N–H and O–H groups in total. The number of carbonyl (C=O) groups is 1. The van der Waals surface area contributed by atoms with Crippen molar-refractivity contribution in [3.05, 3.63) is 95.7 Å². The van der Waals surface area contributed by atoms with Gasteiger partial charge < -0.3 is 14.8 Å². The molecule has 0 fully saturated rings. The lowest BCUT2D eigenvalue weighted by Gasteiger charge is -2.19. The smallest absolute Gasteiger partial charge is 0.419 e. The number of alkyl halides is 3. The zero-order valence-corrected chi connectivity index (χ0v) is 20.1. The molecule has 192 valence electrons. The van der Waals surface area contributed by atoms with Gasteiger partial charge >= 0.3 is 12.1 Å². The summed E-state index contributed by atoms with van der Waals surface area (Å²) in [5.74, 6) is -2.44. The van der Waals surface area contributed by atoms with Gasteiger partial charge in [-0.2, -0.15) is 17.6 Å². The minimum absolute atomic E-state index is 0.0234. The first-order valence-electron chi connectivity index (χ1n) is 11.4. The maximum Gasteiger partial charge on any atom is 0.419 e. The summed E-state index contributed by atoms with van der Waals surface area (Å²) >= 11 is 0. The zero-order valence-electron chi connectivity index (χ0n) is 20.1. The number of ether oxygens (including phenoxy) is 1. The third-order valence-corrected chi connectivity index (χ3v) is 5.91. The summed E-state index contributed by atoms with van der Waals surface area (Å²) in [6, 6.07) is 20.2. The lowest BCUT2D eigenvalue weighted by atomic mass is 9.88. The predicted molar refractivity (Wildman–Crippen MR) is 130 cm³/mol. The minimum atomic E-state index is -4.76. The SMILES string of the molecule is CC(C)(CC(=O)O)c1nc(-c2ccc(OCc3ccc(-c4ccccc4)cc3)c(C(F)(F)F)c2)c(F)[nH]1. The summed E-state index contributed by atoms with van der Waals surface area (Å²) in [5, 5.41) is 9.08. The van der Waals surface area contributed by atoms with E-state index >= 15 is 0 Å². The molecular weight excluding hydrogens is 488 g/mol. The summed E-state index contributed by atoms with van der Waals surface area (Å²) in [4.78, 5) is 17.6. The lowest BCUT2D eigenvalue weighted by Crippen LogP contribution is -2.23. The second-order valence-electron chi connectivity index (χ2n) is 9.26. The molecule has 9 heteroatoms. The Bertz CT molecular complexity index is 1400. The largest absolute Gasteiger partial charge is 0.488 e. The van der Waals surface area contributed by atoms with E-state index in [0.717, 1.165) is 23.3 Å². The van der Waals surface area contributed by atoms with E-state index in [4.69, 9.17) is 9.84 Å². The van der Waals surface area contributed by atoms with Gasteiger partial charge in [0.25, 0.3) is 0 Å². The second kappa shape index (κ2) is 10.1. The van der Waals surface area contributed by atoms with E-state index < -0.39 is 34.8 Å². The van der Waals surface area contributed by atoms with Crippen molar-refractivity contribution in [2.24, 2.45) is 0 Å². The van der Waals surface area contributed by atoms with E-state index in [1.807, 2.05) is 42.5 Å². The molecule has 1 aromatic heterocycles. The van der Waals surface area contributed by atoms with Crippen LogP contribution in [0.5, 0.6) is 5.75 Å². The van der Waals surface area contributed by atoms with E-state index in [-0.39, 0.29) is 30.1 Å². The van der Waals surface area contributed by atoms with Gasteiger partial charge in [0.2, 0.25) is 5.95 Å². The third kappa shape index (κ3) is 5.99. The Kier molecular flexibility index (Phi) is 7.07. The molecule has 0 aliphatic carbocycles. The predicted octanol–water partition coefficient (Wildman–Crippen LogP) is 7.23. The van der Waals surface area contributed by atoms with Crippen molar-refractivity contribution in [2.45, 2.75) is 38.5 Å². The van der Waals surface area contributed by atoms with Gasteiger partial charge in [0.05, 0.1) is 12.0 Å². The number of hydrogen-bond donors (Lipinski definition) is 2. The van der Waals surface area contributed by atoms with Crippen LogP contribution in [0.3, 0.4) is 0 Å². The molecule has 0 unspecified atom stereocenters. The van der Waals surface area contributed by atoms with Crippen LogP contribution in [-0.2, 0) is 23.0 Å². The van der Waals surface area contributed by atoms with Crippen LogP contribution in [0.4, 0.5) is 17.6 Å². The first kappa shape index (κ1) is 25.9. The van der Waals surface area contributed by atoms with Crippen molar-refractivity contribution in [3.8, 4) is 28.1 Å². The molecule has 1 heterocycles. The molecule has 0 aliphatic heterocycles. The average Bonchev–Trinajstić information content (AvgIpc) is 3.25. The number of H-pyrrole nitrogens is 1. The van der Waals surface area contributed by atoms with E-state index in [1.165, 1.54) is 6.07 Å². The van der Waals surface area contributed by atoms with Crippen LogP contribution in [0.25, 0.3) is 22.4 Å². The van der Waals surface area contributed by atoms with Crippen molar-refractivity contribution < 1.29 is 32.2 Å². The first-order chi connectivity index (χ1) is 17.4.